The van der Waals surface area contributed by atoms with Crippen LogP contribution in [-0.2, 0) is 4.79 Å². The van der Waals surface area contributed by atoms with E-state index in [0.29, 0.717) is 18.5 Å². The van der Waals surface area contributed by atoms with Crippen LogP contribution in [0.1, 0.15) is 12.0 Å². The average Bonchev–Trinajstić information content (AvgIpc) is 2.71. The van der Waals surface area contributed by atoms with Gasteiger partial charge in [0.2, 0.25) is 5.91 Å². The van der Waals surface area contributed by atoms with Gasteiger partial charge in [-0.15, -0.1) is 6.58 Å². The number of hydrogen-bond acceptors (Lipinski definition) is 2. The molecule has 1 heterocycles. The number of carbonyl (C=O) groups excluding carboxylic acids is 1. The molecule has 1 amide bonds. The van der Waals surface area contributed by atoms with E-state index in [2.05, 4.69) is 6.58 Å². The van der Waals surface area contributed by atoms with Gasteiger partial charge in [-0.2, -0.15) is 5.26 Å². The van der Waals surface area contributed by atoms with Crippen molar-refractivity contribution in [3.63, 3.8) is 0 Å². The third-order valence-electron chi connectivity index (χ3n) is 2.85. The average molecular weight is 230 g/mol. The normalized spacial score (nSPS) is 19.2. The Bertz CT molecular complexity index is 519. The largest absolute Gasteiger partial charge is 0.309 e. The van der Waals surface area contributed by atoms with Crippen LogP contribution >= 0.6 is 0 Å². The van der Waals surface area contributed by atoms with Crippen molar-refractivity contribution in [1.82, 2.24) is 0 Å². The fourth-order valence-corrected chi connectivity index (χ4v) is 1.91. The molecule has 0 aliphatic carbocycles. The van der Waals surface area contributed by atoms with Gasteiger partial charge in [0, 0.05) is 18.9 Å². The highest BCUT2D eigenvalue weighted by Crippen LogP contribution is 2.28. The molecule has 2 rings (SSSR count). The lowest BCUT2D eigenvalue weighted by atomic mass is 10.1. The molecular formula is C13H11FN2O. The molecule has 1 aromatic carbocycles. The Kier molecular flexibility index (Phi) is 2.92. The number of anilines is 1. The van der Waals surface area contributed by atoms with Gasteiger partial charge in [-0.3, -0.25) is 4.79 Å². The Hall–Kier alpha value is -2.15. The van der Waals surface area contributed by atoms with Gasteiger partial charge in [0.1, 0.15) is 5.82 Å². The van der Waals surface area contributed by atoms with Crippen LogP contribution in [0.2, 0.25) is 0 Å². The standard InChI is InChI=1S/C13H11FN2O/c1-2-9-6-13(17)16(8-9)12-5-10(7-15)3-4-11(12)14/h2-5,9H,1,6,8H2. The Labute approximate surface area is 98.8 Å². The van der Waals surface area contributed by atoms with E-state index in [-0.39, 0.29) is 17.5 Å². The van der Waals surface area contributed by atoms with Crippen molar-refractivity contribution in [2.45, 2.75) is 6.42 Å². The Morgan fingerprint density at radius 1 is 1.59 bits per heavy atom. The molecule has 0 bridgehead atoms. The number of benzene rings is 1. The molecule has 1 atom stereocenters. The third kappa shape index (κ3) is 2.04. The molecule has 1 fully saturated rings. The maximum absolute atomic E-state index is 13.6. The fourth-order valence-electron chi connectivity index (χ4n) is 1.91. The molecule has 0 spiro atoms. The van der Waals surface area contributed by atoms with Crippen LogP contribution in [0.15, 0.2) is 30.9 Å². The van der Waals surface area contributed by atoms with E-state index in [1.165, 1.54) is 23.1 Å². The molecule has 0 radical (unpaired) electrons. The van der Waals surface area contributed by atoms with Crippen LogP contribution in [0.25, 0.3) is 0 Å². The van der Waals surface area contributed by atoms with E-state index in [1.54, 1.807) is 6.08 Å². The van der Waals surface area contributed by atoms with Crippen molar-refractivity contribution in [3.05, 3.63) is 42.2 Å². The molecule has 1 aromatic rings. The minimum absolute atomic E-state index is 0.0487. The zero-order valence-corrected chi connectivity index (χ0v) is 9.19. The monoisotopic (exact) mass is 230 g/mol. The zero-order valence-electron chi connectivity index (χ0n) is 9.19. The summed E-state index contributed by atoms with van der Waals surface area (Å²) in [6, 6.07) is 5.94. The smallest absolute Gasteiger partial charge is 0.227 e. The molecule has 1 aliphatic heterocycles. The number of rotatable bonds is 2. The summed E-state index contributed by atoms with van der Waals surface area (Å²) >= 11 is 0. The highest BCUT2D eigenvalue weighted by molar-refractivity contribution is 5.96. The number of nitrogens with zero attached hydrogens (tertiary/aromatic N) is 2. The molecule has 86 valence electrons. The Morgan fingerprint density at radius 2 is 2.35 bits per heavy atom. The van der Waals surface area contributed by atoms with Crippen molar-refractivity contribution in [2.24, 2.45) is 5.92 Å². The molecule has 0 saturated carbocycles. The van der Waals surface area contributed by atoms with Gasteiger partial charge < -0.3 is 4.90 Å². The van der Waals surface area contributed by atoms with Crippen molar-refractivity contribution < 1.29 is 9.18 Å². The predicted molar refractivity (Wildman–Crippen MR) is 61.8 cm³/mol. The van der Waals surface area contributed by atoms with Crippen LogP contribution in [0.5, 0.6) is 0 Å². The minimum atomic E-state index is -0.484. The van der Waals surface area contributed by atoms with Crippen LogP contribution in [-0.4, -0.2) is 12.5 Å². The molecule has 1 saturated heterocycles. The van der Waals surface area contributed by atoms with Gasteiger partial charge in [-0.05, 0) is 18.2 Å². The topological polar surface area (TPSA) is 44.1 Å². The summed E-state index contributed by atoms with van der Waals surface area (Å²) in [7, 11) is 0. The number of nitriles is 1. The first-order valence-electron chi connectivity index (χ1n) is 5.28. The second-order valence-electron chi connectivity index (χ2n) is 3.98. The summed E-state index contributed by atoms with van der Waals surface area (Å²) in [5.74, 6) is -0.571. The van der Waals surface area contributed by atoms with Crippen molar-refractivity contribution >= 4 is 11.6 Å². The lowest BCUT2D eigenvalue weighted by Crippen LogP contribution is -2.25. The van der Waals surface area contributed by atoms with E-state index in [9.17, 15) is 9.18 Å². The van der Waals surface area contributed by atoms with Crippen LogP contribution in [0, 0.1) is 23.1 Å². The van der Waals surface area contributed by atoms with E-state index in [4.69, 9.17) is 5.26 Å². The van der Waals surface area contributed by atoms with Crippen LogP contribution in [0.4, 0.5) is 10.1 Å². The summed E-state index contributed by atoms with van der Waals surface area (Å²) in [5.41, 5.74) is 0.523. The SMILES string of the molecule is C=CC1CC(=O)N(c2cc(C#N)ccc2F)C1. The number of amides is 1. The summed E-state index contributed by atoms with van der Waals surface area (Å²) in [6.07, 6.45) is 2.05. The molecule has 0 N–H and O–H groups in total. The Balaban J connectivity index is 2.37. The number of carbonyl (C=O) groups is 1. The van der Waals surface area contributed by atoms with Gasteiger partial charge in [0.15, 0.2) is 0 Å². The van der Waals surface area contributed by atoms with E-state index < -0.39 is 5.82 Å². The first-order valence-corrected chi connectivity index (χ1v) is 5.28. The summed E-state index contributed by atoms with van der Waals surface area (Å²) in [6.45, 7) is 4.06. The minimum Gasteiger partial charge on any atom is -0.309 e. The molecule has 1 unspecified atom stereocenters. The number of hydrogen-bond donors (Lipinski definition) is 0. The van der Waals surface area contributed by atoms with Gasteiger partial charge in [-0.25, -0.2) is 4.39 Å². The Morgan fingerprint density at radius 3 is 2.94 bits per heavy atom. The highest BCUT2D eigenvalue weighted by atomic mass is 19.1. The third-order valence-corrected chi connectivity index (χ3v) is 2.85. The van der Waals surface area contributed by atoms with E-state index >= 15 is 0 Å². The predicted octanol–water partition coefficient (Wildman–Crippen LogP) is 2.24. The maximum Gasteiger partial charge on any atom is 0.227 e. The summed E-state index contributed by atoms with van der Waals surface area (Å²) in [5, 5.41) is 8.77. The fraction of sp³-hybridized carbons (Fsp3) is 0.231. The second-order valence-corrected chi connectivity index (χ2v) is 3.98. The van der Waals surface area contributed by atoms with Gasteiger partial charge in [-0.1, -0.05) is 6.08 Å². The van der Waals surface area contributed by atoms with Crippen molar-refractivity contribution in [3.8, 4) is 6.07 Å². The molecular weight excluding hydrogens is 219 g/mol. The van der Waals surface area contributed by atoms with Crippen LogP contribution < -0.4 is 4.90 Å². The first kappa shape index (κ1) is 11.3. The highest BCUT2D eigenvalue weighted by Gasteiger charge is 2.30. The molecule has 0 aromatic heterocycles. The van der Waals surface area contributed by atoms with Gasteiger partial charge in [0.25, 0.3) is 0 Å². The van der Waals surface area contributed by atoms with Crippen molar-refractivity contribution in [1.29, 1.82) is 5.26 Å². The van der Waals surface area contributed by atoms with E-state index in [1.807, 2.05) is 6.07 Å². The quantitative estimate of drug-likeness (QED) is 0.731. The van der Waals surface area contributed by atoms with Crippen molar-refractivity contribution in [2.75, 3.05) is 11.4 Å². The summed E-state index contributed by atoms with van der Waals surface area (Å²) in [4.78, 5) is 13.1. The zero-order chi connectivity index (χ0) is 12.4. The van der Waals surface area contributed by atoms with E-state index in [0.717, 1.165) is 0 Å². The maximum atomic E-state index is 13.6. The molecule has 17 heavy (non-hydrogen) atoms. The lowest BCUT2D eigenvalue weighted by Gasteiger charge is -2.17. The number of halogens is 1. The molecule has 3 nitrogen and oxygen atoms in total. The van der Waals surface area contributed by atoms with Crippen LogP contribution in [0.3, 0.4) is 0 Å². The lowest BCUT2D eigenvalue weighted by molar-refractivity contribution is -0.117. The van der Waals surface area contributed by atoms with Gasteiger partial charge in [0.05, 0.1) is 17.3 Å². The molecule has 4 heteroatoms. The first-order chi connectivity index (χ1) is 8.15. The second kappa shape index (κ2) is 4.38. The van der Waals surface area contributed by atoms with Gasteiger partial charge >= 0.3 is 0 Å². The molecule has 1 aliphatic rings. The summed E-state index contributed by atoms with van der Waals surface area (Å²) < 4.78 is 13.6.